The molecule has 0 fully saturated rings. The summed E-state index contributed by atoms with van der Waals surface area (Å²) in [7, 11) is 1.29. The third kappa shape index (κ3) is 5.39. The SMILES string of the molecule is COC(=O)c1ccc(C(CN)NC(=O)OC(C)(C)C)nc1. The quantitative estimate of drug-likeness (QED) is 0.814. The number of rotatable bonds is 4. The predicted octanol–water partition coefficient (Wildman–Crippen LogP) is 1.39. The van der Waals surface area contributed by atoms with Crippen LogP contribution in [0.15, 0.2) is 18.3 Å². The monoisotopic (exact) mass is 295 g/mol. The number of pyridine rings is 1. The van der Waals surface area contributed by atoms with E-state index in [4.69, 9.17) is 10.5 Å². The van der Waals surface area contributed by atoms with Crippen LogP contribution in [-0.4, -0.2) is 36.3 Å². The minimum Gasteiger partial charge on any atom is -0.465 e. The average Bonchev–Trinajstić information content (AvgIpc) is 2.42. The van der Waals surface area contributed by atoms with Crippen LogP contribution in [-0.2, 0) is 9.47 Å². The molecule has 0 saturated heterocycles. The molecule has 0 saturated carbocycles. The van der Waals surface area contributed by atoms with Crippen LogP contribution in [0, 0.1) is 0 Å². The van der Waals surface area contributed by atoms with Crippen LogP contribution in [0.2, 0.25) is 0 Å². The average molecular weight is 295 g/mol. The molecule has 1 atom stereocenters. The first-order valence-electron chi connectivity index (χ1n) is 6.50. The second-order valence-corrected chi connectivity index (χ2v) is 5.40. The summed E-state index contributed by atoms with van der Waals surface area (Å²) in [6.45, 7) is 5.47. The Hall–Kier alpha value is -2.15. The molecule has 0 radical (unpaired) electrons. The van der Waals surface area contributed by atoms with Gasteiger partial charge in [-0.1, -0.05) is 0 Å². The van der Waals surface area contributed by atoms with E-state index in [9.17, 15) is 9.59 Å². The zero-order valence-electron chi connectivity index (χ0n) is 12.7. The molecule has 7 nitrogen and oxygen atoms in total. The second-order valence-electron chi connectivity index (χ2n) is 5.40. The summed E-state index contributed by atoms with van der Waals surface area (Å²) < 4.78 is 9.75. The third-order valence-corrected chi connectivity index (χ3v) is 2.49. The van der Waals surface area contributed by atoms with Gasteiger partial charge in [0.1, 0.15) is 5.60 Å². The van der Waals surface area contributed by atoms with E-state index >= 15 is 0 Å². The first-order valence-corrected chi connectivity index (χ1v) is 6.50. The third-order valence-electron chi connectivity index (χ3n) is 2.49. The lowest BCUT2D eigenvalue weighted by molar-refractivity contribution is 0.0502. The molecule has 0 aliphatic rings. The summed E-state index contributed by atoms with van der Waals surface area (Å²) in [6, 6.07) is 2.68. The van der Waals surface area contributed by atoms with Crippen molar-refractivity contribution in [1.29, 1.82) is 0 Å². The van der Waals surface area contributed by atoms with Gasteiger partial charge in [0.05, 0.1) is 24.4 Å². The fourth-order valence-corrected chi connectivity index (χ4v) is 1.55. The van der Waals surface area contributed by atoms with Crippen molar-refractivity contribution in [2.45, 2.75) is 32.4 Å². The van der Waals surface area contributed by atoms with Crippen molar-refractivity contribution in [3.8, 4) is 0 Å². The van der Waals surface area contributed by atoms with Crippen molar-refractivity contribution < 1.29 is 19.1 Å². The Morgan fingerprint density at radius 2 is 2.05 bits per heavy atom. The molecule has 1 heterocycles. The van der Waals surface area contributed by atoms with Crippen LogP contribution in [0.5, 0.6) is 0 Å². The van der Waals surface area contributed by atoms with Gasteiger partial charge < -0.3 is 20.5 Å². The predicted molar refractivity (Wildman–Crippen MR) is 76.7 cm³/mol. The number of aromatic nitrogens is 1. The first kappa shape index (κ1) is 16.9. The van der Waals surface area contributed by atoms with Crippen LogP contribution < -0.4 is 11.1 Å². The molecule has 1 aromatic rings. The molecule has 0 spiro atoms. The minimum atomic E-state index is -0.592. The summed E-state index contributed by atoms with van der Waals surface area (Å²) in [5.74, 6) is -0.474. The van der Waals surface area contributed by atoms with Gasteiger partial charge in [0.15, 0.2) is 0 Å². The number of methoxy groups -OCH3 is 1. The van der Waals surface area contributed by atoms with Crippen LogP contribution in [0.1, 0.15) is 42.9 Å². The number of hydrogen-bond acceptors (Lipinski definition) is 6. The number of hydrogen-bond donors (Lipinski definition) is 2. The molecular formula is C14H21N3O4. The lowest BCUT2D eigenvalue weighted by atomic mass is 10.1. The molecule has 0 aromatic carbocycles. The highest BCUT2D eigenvalue weighted by Crippen LogP contribution is 2.12. The summed E-state index contributed by atoms with van der Waals surface area (Å²) in [5.41, 5.74) is 5.91. The number of nitrogens with one attached hydrogen (secondary N) is 1. The lowest BCUT2D eigenvalue weighted by Crippen LogP contribution is -2.38. The van der Waals surface area contributed by atoms with Crippen LogP contribution in [0.4, 0.5) is 4.79 Å². The maximum Gasteiger partial charge on any atom is 0.408 e. The summed E-state index contributed by atoms with van der Waals surface area (Å²) in [5, 5.41) is 2.64. The number of nitrogens with zero attached hydrogens (tertiary/aromatic N) is 1. The molecule has 1 amide bonds. The molecule has 116 valence electrons. The summed E-state index contributed by atoms with van der Waals surface area (Å²) >= 11 is 0. The number of amides is 1. The van der Waals surface area contributed by atoms with E-state index in [2.05, 4.69) is 15.0 Å². The molecule has 7 heteroatoms. The van der Waals surface area contributed by atoms with E-state index in [1.807, 2.05) is 0 Å². The number of nitrogens with two attached hydrogens (primary N) is 1. The summed E-state index contributed by atoms with van der Waals surface area (Å²) in [6.07, 6.45) is 0.803. The van der Waals surface area contributed by atoms with Gasteiger partial charge in [-0.25, -0.2) is 9.59 Å². The van der Waals surface area contributed by atoms with Crippen molar-refractivity contribution in [3.05, 3.63) is 29.6 Å². The molecule has 3 N–H and O–H groups in total. The van der Waals surface area contributed by atoms with Gasteiger partial charge in [0, 0.05) is 12.7 Å². The molecule has 1 rings (SSSR count). The molecule has 0 aliphatic heterocycles. The Labute approximate surface area is 123 Å². The lowest BCUT2D eigenvalue weighted by Gasteiger charge is -2.22. The number of carbonyl (C=O) groups excluding carboxylic acids is 2. The van der Waals surface area contributed by atoms with Gasteiger partial charge in [-0.3, -0.25) is 4.98 Å². The van der Waals surface area contributed by atoms with Gasteiger partial charge in [-0.05, 0) is 32.9 Å². The maximum atomic E-state index is 11.7. The van der Waals surface area contributed by atoms with E-state index in [-0.39, 0.29) is 6.54 Å². The van der Waals surface area contributed by atoms with Crippen molar-refractivity contribution >= 4 is 12.1 Å². The topological polar surface area (TPSA) is 104 Å². The zero-order chi connectivity index (χ0) is 16.0. The van der Waals surface area contributed by atoms with Gasteiger partial charge in [0.2, 0.25) is 0 Å². The molecular weight excluding hydrogens is 274 g/mol. The van der Waals surface area contributed by atoms with Crippen molar-refractivity contribution in [3.63, 3.8) is 0 Å². The van der Waals surface area contributed by atoms with E-state index in [1.54, 1.807) is 32.9 Å². The minimum absolute atomic E-state index is 0.157. The van der Waals surface area contributed by atoms with E-state index in [1.165, 1.54) is 13.3 Å². The largest absolute Gasteiger partial charge is 0.465 e. The maximum absolute atomic E-state index is 11.7. The van der Waals surface area contributed by atoms with Crippen LogP contribution in [0.3, 0.4) is 0 Å². The fourth-order valence-electron chi connectivity index (χ4n) is 1.55. The summed E-state index contributed by atoms with van der Waals surface area (Å²) in [4.78, 5) is 27.2. The molecule has 0 bridgehead atoms. The van der Waals surface area contributed by atoms with Crippen molar-refractivity contribution in [2.75, 3.05) is 13.7 Å². The van der Waals surface area contributed by atoms with Crippen LogP contribution >= 0.6 is 0 Å². The highest BCUT2D eigenvalue weighted by atomic mass is 16.6. The van der Waals surface area contributed by atoms with E-state index in [0.29, 0.717) is 11.3 Å². The molecule has 21 heavy (non-hydrogen) atoms. The number of alkyl carbamates (subject to hydrolysis) is 1. The van der Waals surface area contributed by atoms with Gasteiger partial charge in [-0.15, -0.1) is 0 Å². The normalized spacial score (nSPS) is 12.4. The Balaban J connectivity index is 2.76. The van der Waals surface area contributed by atoms with Gasteiger partial charge in [-0.2, -0.15) is 0 Å². The molecule has 1 unspecified atom stereocenters. The highest BCUT2D eigenvalue weighted by molar-refractivity contribution is 5.88. The fraction of sp³-hybridized carbons (Fsp3) is 0.500. The Bertz CT molecular complexity index is 494. The highest BCUT2D eigenvalue weighted by Gasteiger charge is 2.20. The van der Waals surface area contributed by atoms with E-state index < -0.39 is 23.7 Å². The Kier molecular flexibility index (Phi) is 5.66. The number of esters is 1. The second kappa shape index (κ2) is 7.03. The Morgan fingerprint density at radius 1 is 1.38 bits per heavy atom. The standard InChI is InChI=1S/C14H21N3O4/c1-14(2,3)21-13(19)17-11(7-15)10-6-5-9(8-16-10)12(18)20-4/h5-6,8,11H,7,15H2,1-4H3,(H,17,19). The molecule has 0 aliphatic carbocycles. The van der Waals surface area contributed by atoms with Crippen molar-refractivity contribution in [2.24, 2.45) is 5.73 Å². The van der Waals surface area contributed by atoms with E-state index in [0.717, 1.165) is 0 Å². The smallest absolute Gasteiger partial charge is 0.408 e. The van der Waals surface area contributed by atoms with Crippen molar-refractivity contribution in [1.82, 2.24) is 10.3 Å². The molecule has 1 aromatic heterocycles. The Morgan fingerprint density at radius 3 is 2.48 bits per heavy atom. The van der Waals surface area contributed by atoms with Crippen LogP contribution in [0.25, 0.3) is 0 Å². The van der Waals surface area contributed by atoms with Gasteiger partial charge >= 0.3 is 12.1 Å². The zero-order valence-corrected chi connectivity index (χ0v) is 12.7. The number of carbonyl (C=O) groups is 2. The van der Waals surface area contributed by atoms with Gasteiger partial charge in [0.25, 0.3) is 0 Å². The first-order chi connectivity index (χ1) is 9.76. The number of ether oxygens (including phenoxy) is 2.